The average Bonchev–Trinajstić information content (AvgIpc) is 2.32. The maximum absolute atomic E-state index is 9.79. The van der Waals surface area contributed by atoms with Crippen LogP contribution in [0.5, 0.6) is 5.75 Å². The fraction of sp³-hybridized carbons (Fsp3) is 0.600. The van der Waals surface area contributed by atoms with Gasteiger partial charge in [0.15, 0.2) is 0 Å². The normalized spacial score (nSPS) is 24.7. The Bertz CT molecular complexity index is 398. The van der Waals surface area contributed by atoms with E-state index in [4.69, 9.17) is 4.74 Å². The largest absolute Gasteiger partial charge is 0.496 e. The van der Waals surface area contributed by atoms with Crippen molar-refractivity contribution >= 4 is 0 Å². The summed E-state index contributed by atoms with van der Waals surface area (Å²) in [6.07, 6.45) is 3.96. The van der Waals surface area contributed by atoms with Crippen molar-refractivity contribution in [3.63, 3.8) is 0 Å². The molecule has 1 saturated carbocycles. The van der Waals surface area contributed by atoms with Crippen LogP contribution in [0.3, 0.4) is 0 Å². The average molecular weight is 234 g/mol. The van der Waals surface area contributed by atoms with E-state index in [0.717, 1.165) is 31.4 Å². The van der Waals surface area contributed by atoms with Gasteiger partial charge in [0.1, 0.15) is 5.75 Å². The fourth-order valence-corrected chi connectivity index (χ4v) is 2.85. The molecule has 1 fully saturated rings. The van der Waals surface area contributed by atoms with Gasteiger partial charge >= 0.3 is 0 Å². The molecule has 94 valence electrons. The number of aliphatic hydroxyl groups is 1. The van der Waals surface area contributed by atoms with Crippen molar-refractivity contribution in [1.82, 2.24) is 0 Å². The third-order valence-electron chi connectivity index (χ3n) is 4.00. The fourth-order valence-electron chi connectivity index (χ4n) is 2.85. The van der Waals surface area contributed by atoms with Gasteiger partial charge in [-0.15, -0.1) is 0 Å². The number of rotatable bonds is 2. The molecule has 1 aliphatic rings. The van der Waals surface area contributed by atoms with Crippen molar-refractivity contribution in [2.45, 2.75) is 51.6 Å². The van der Waals surface area contributed by atoms with Crippen LogP contribution in [0, 0.1) is 13.8 Å². The topological polar surface area (TPSA) is 29.5 Å². The van der Waals surface area contributed by atoms with Crippen molar-refractivity contribution in [3.05, 3.63) is 28.8 Å². The van der Waals surface area contributed by atoms with E-state index in [9.17, 15) is 5.11 Å². The van der Waals surface area contributed by atoms with Crippen LogP contribution in [0.4, 0.5) is 0 Å². The zero-order valence-corrected chi connectivity index (χ0v) is 11.0. The Morgan fingerprint density at radius 3 is 2.65 bits per heavy atom. The van der Waals surface area contributed by atoms with Gasteiger partial charge in [-0.1, -0.05) is 18.6 Å². The SMILES string of the molecule is COc1c(C2CCCC(O)C2)ccc(C)c1C. The number of aryl methyl sites for hydroxylation is 1. The van der Waals surface area contributed by atoms with Crippen LogP contribution in [0.1, 0.15) is 48.3 Å². The number of ether oxygens (including phenoxy) is 1. The van der Waals surface area contributed by atoms with Crippen LogP contribution in [0.25, 0.3) is 0 Å². The Labute approximate surface area is 104 Å². The Morgan fingerprint density at radius 1 is 1.24 bits per heavy atom. The lowest BCUT2D eigenvalue weighted by Gasteiger charge is -2.28. The van der Waals surface area contributed by atoms with Crippen LogP contribution in [-0.2, 0) is 0 Å². The molecule has 0 spiro atoms. The van der Waals surface area contributed by atoms with Crippen molar-refractivity contribution in [3.8, 4) is 5.75 Å². The Kier molecular flexibility index (Phi) is 3.72. The first-order chi connectivity index (χ1) is 8.13. The van der Waals surface area contributed by atoms with Crippen molar-refractivity contribution in [2.24, 2.45) is 0 Å². The first kappa shape index (κ1) is 12.4. The molecule has 0 heterocycles. The predicted octanol–water partition coefficient (Wildman–Crippen LogP) is 3.33. The van der Waals surface area contributed by atoms with Crippen LogP contribution in [0.15, 0.2) is 12.1 Å². The highest BCUT2D eigenvalue weighted by Crippen LogP contribution is 2.39. The van der Waals surface area contributed by atoms with Gasteiger partial charge in [0.25, 0.3) is 0 Å². The summed E-state index contributed by atoms with van der Waals surface area (Å²) in [7, 11) is 1.74. The molecule has 0 amide bonds. The Hall–Kier alpha value is -1.02. The van der Waals surface area contributed by atoms with Crippen LogP contribution < -0.4 is 4.74 Å². The summed E-state index contributed by atoms with van der Waals surface area (Å²) in [5, 5.41) is 9.79. The quantitative estimate of drug-likeness (QED) is 0.850. The molecule has 0 aliphatic heterocycles. The first-order valence-electron chi connectivity index (χ1n) is 6.45. The van der Waals surface area contributed by atoms with Crippen molar-refractivity contribution in [1.29, 1.82) is 0 Å². The van der Waals surface area contributed by atoms with Crippen LogP contribution >= 0.6 is 0 Å². The van der Waals surface area contributed by atoms with Gasteiger partial charge in [0.05, 0.1) is 13.2 Å². The molecular weight excluding hydrogens is 212 g/mol. The Morgan fingerprint density at radius 2 is 2.00 bits per heavy atom. The second-order valence-corrected chi connectivity index (χ2v) is 5.15. The maximum atomic E-state index is 9.79. The highest BCUT2D eigenvalue weighted by Gasteiger charge is 2.24. The summed E-state index contributed by atoms with van der Waals surface area (Å²) < 4.78 is 5.56. The highest BCUT2D eigenvalue weighted by molar-refractivity contribution is 5.47. The molecule has 2 atom stereocenters. The Balaban J connectivity index is 2.34. The number of hydrogen-bond acceptors (Lipinski definition) is 2. The molecule has 0 aromatic heterocycles. The first-order valence-corrected chi connectivity index (χ1v) is 6.45. The minimum Gasteiger partial charge on any atom is -0.496 e. The molecule has 1 aromatic carbocycles. The molecule has 0 bridgehead atoms. The van der Waals surface area contributed by atoms with E-state index in [1.807, 2.05) is 0 Å². The molecule has 2 heteroatoms. The third kappa shape index (κ3) is 2.47. The highest BCUT2D eigenvalue weighted by atomic mass is 16.5. The zero-order chi connectivity index (χ0) is 12.4. The number of methoxy groups -OCH3 is 1. The van der Waals surface area contributed by atoms with Crippen LogP contribution in [-0.4, -0.2) is 18.3 Å². The monoisotopic (exact) mass is 234 g/mol. The van der Waals surface area contributed by atoms with Gasteiger partial charge in [-0.2, -0.15) is 0 Å². The molecule has 0 radical (unpaired) electrons. The lowest BCUT2D eigenvalue weighted by molar-refractivity contribution is 0.119. The third-order valence-corrected chi connectivity index (χ3v) is 4.00. The predicted molar refractivity (Wildman–Crippen MR) is 69.7 cm³/mol. The van der Waals surface area contributed by atoms with Gasteiger partial charge in [-0.25, -0.2) is 0 Å². The summed E-state index contributed by atoms with van der Waals surface area (Å²) in [6, 6.07) is 4.33. The second-order valence-electron chi connectivity index (χ2n) is 5.15. The number of hydrogen-bond donors (Lipinski definition) is 1. The zero-order valence-electron chi connectivity index (χ0n) is 11.0. The molecule has 0 saturated heterocycles. The van der Waals surface area contributed by atoms with Crippen molar-refractivity contribution < 1.29 is 9.84 Å². The summed E-state index contributed by atoms with van der Waals surface area (Å²) in [5.74, 6) is 1.47. The van der Waals surface area contributed by atoms with Gasteiger partial charge in [0.2, 0.25) is 0 Å². The van der Waals surface area contributed by atoms with Crippen LogP contribution in [0.2, 0.25) is 0 Å². The number of benzene rings is 1. The van der Waals surface area contributed by atoms with Gasteiger partial charge in [0, 0.05) is 0 Å². The summed E-state index contributed by atoms with van der Waals surface area (Å²) in [5.41, 5.74) is 3.77. The lowest BCUT2D eigenvalue weighted by atomic mass is 9.81. The van der Waals surface area contributed by atoms with Gasteiger partial charge in [-0.3, -0.25) is 0 Å². The molecular formula is C15H22O2. The van der Waals surface area contributed by atoms with E-state index < -0.39 is 0 Å². The van der Waals surface area contributed by atoms with Gasteiger partial charge in [-0.05, 0) is 55.7 Å². The summed E-state index contributed by atoms with van der Waals surface area (Å²) >= 11 is 0. The minimum absolute atomic E-state index is 0.139. The molecule has 2 rings (SSSR count). The standard InChI is InChI=1S/C15H22O2/c1-10-7-8-14(15(17-3)11(10)2)12-5-4-6-13(16)9-12/h7-8,12-13,16H,4-6,9H2,1-3H3. The van der Waals surface area contributed by atoms with E-state index in [1.54, 1.807) is 7.11 Å². The van der Waals surface area contributed by atoms with Crippen molar-refractivity contribution in [2.75, 3.05) is 7.11 Å². The van der Waals surface area contributed by atoms with E-state index in [1.165, 1.54) is 16.7 Å². The molecule has 17 heavy (non-hydrogen) atoms. The van der Waals surface area contributed by atoms with E-state index in [0.29, 0.717) is 5.92 Å². The minimum atomic E-state index is -0.139. The van der Waals surface area contributed by atoms with E-state index in [-0.39, 0.29) is 6.10 Å². The molecule has 1 N–H and O–H groups in total. The van der Waals surface area contributed by atoms with E-state index >= 15 is 0 Å². The lowest BCUT2D eigenvalue weighted by Crippen LogP contribution is -2.18. The summed E-state index contributed by atoms with van der Waals surface area (Å²) in [6.45, 7) is 4.22. The second kappa shape index (κ2) is 5.09. The van der Waals surface area contributed by atoms with Gasteiger partial charge < -0.3 is 9.84 Å². The molecule has 2 unspecified atom stereocenters. The summed E-state index contributed by atoms with van der Waals surface area (Å²) in [4.78, 5) is 0. The molecule has 1 aliphatic carbocycles. The molecule has 1 aromatic rings. The molecule has 2 nitrogen and oxygen atoms in total. The van der Waals surface area contributed by atoms with E-state index in [2.05, 4.69) is 26.0 Å². The number of aliphatic hydroxyl groups excluding tert-OH is 1. The maximum Gasteiger partial charge on any atom is 0.125 e. The smallest absolute Gasteiger partial charge is 0.125 e.